The quantitative estimate of drug-likeness (QED) is 0.886. The highest BCUT2D eigenvalue weighted by atomic mass is 32.1. The van der Waals surface area contributed by atoms with Crippen LogP contribution in [0, 0.1) is 12.3 Å². The molecule has 0 saturated heterocycles. The van der Waals surface area contributed by atoms with Crippen molar-refractivity contribution in [2.75, 3.05) is 7.05 Å². The number of hydrogen-bond acceptors (Lipinski definition) is 4. The van der Waals surface area contributed by atoms with Gasteiger partial charge in [0.05, 0.1) is 10.6 Å². The lowest BCUT2D eigenvalue weighted by atomic mass is 9.76. The zero-order chi connectivity index (χ0) is 13.6. The second-order valence-electron chi connectivity index (χ2n) is 6.13. The lowest BCUT2D eigenvalue weighted by molar-refractivity contribution is 0.265. The van der Waals surface area contributed by atoms with Crippen LogP contribution < -0.4 is 5.32 Å². The van der Waals surface area contributed by atoms with Crippen molar-refractivity contribution >= 4 is 22.7 Å². The molecule has 0 aromatic carbocycles. The molecule has 0 fully saturated rings. The fourth-order valence-electron chi connectivity index (χ4n) is 2.82. The zero-order valence-electron chi connectivity index (χ0n) is 11.9. The predicted molar refractivity (Wildman–Crippen MR) is 84.1 cm³/mol. The van der Waals surface area contributed by atoms with E-state index >= 15 is 0 Å². The van der Waals surface area contributed by atoms with Crippen LogP contribution >= 0.6 is 22.7 Å². The van der Waals surface area contributed by atoms with E-state index in [-0.39, 0.29) is 0 Å². The van der Waals surface area contributed by atoms with Gasteiger partial charge in [-0.05, 0) is 44.4 Å². The van der Waals surface area contributed by atoms with Crippen LogP contribution in [-0.4, -0.2) is 12.0 Å². The van der Waals surface area contributed by atoms with Crippen LogP contribution in [0.25, 0.3) is 9.88 Å². The highest BCUT2D eigenvalue weighted by molar-refractivity contribution is 7.21. The first-order valence-electron chi connectivity index (χ1n) is 6.72. The second kappa shape index (κ2) is 4.69. The Balaban J connectivity index is 2.02. The van der Waals surface area contributed by atoms with Crippen molar-refractivity contribution in [1.82, 2.24) is 10.3 Å². The summed E-state index contributed by atoms with van der Waals surface area (Å²) in [6, 6.07) is 4.84. The topological polar surface area (TPSA) is 24.9 Å². The molecule has 2 heterocycles. The van der Waals surface area contributed by atoms with E-state index < -0.39 is 0 Å². The molecule has 1 unspecified atom stereocenters. The van der Waals surface area contributed by atoms with Gasteiger partial charge in [0.1, 0.15) is 5.01 Å². The van der Waals surface area contributed by atoms with E-state index in [1.807, 2.05) is 22.7 Å². The van der Waals surface area contributed by atoms with Gasteiger partial charge in [-0.1, -0.05) is 13.8 Å². The largest absolute Gasteiger partial charge is 0.312 e. The van der Waals surface area contributed by atoms with Crippen molar-refractivity contribution in [3.63, 3.8) is 0 Å². The first-order valence-corrected chi connectivity index (χ1v) is 8.35. The van der Waals surface area contributed by atoms with E-state index in [1.54, 1.807) is 0 Å². The van der Waals surface area contributed by atoms with E-state index in [0.29, 0.717) is 11.5 Å². The minimum Gasteiger partial charge on any atom is -0.312 e. The number of thiazole rings is 1. The van der Waals surface area contributed by atoms with Gasteiger partial charge in [0.2, 0.25) is 0 Å². The SMILES string of the molecule is CNC1CC(C)(C)Cc2nc(-c3ccc(C)s3)sc21. The molecule has 102 valence electrons. The summed E-state index contributed by atoms with van der Waals surface area (Å²) >= 11 is 3.71. The van der Waals surface area contributed by atoms with Crippen molar-refractivity contribution in [2.24, 2.45) is 5.41 Å². The molecule has 1 aliphatic rings. The summed E-state index contributed by atoms with van der Waals surface area (Å²) in [5.41, 5.74) is 1.65. The molecule has 0 amide bonds. The summed E-state index contributed by atoms with van der Waals surface area (Å²) in [4.78, 5) is 9.03. The maximum absolute atomic E-state index is 4.92. The molecule has 0 saturated carbocycles. The molecule has 0 bridgehead atoms. The van der Waals surface area contributed by atoms with Crippen molar-refractivity contribution in [3.05, 3.63) is 27.6 Å². The minimum absolute atomic E-state index is 0.345. The molecule has 1 N–H and O–H groups in total. The Morgan fingerprint density at radius 1 is 1.32 bits per heavy atom. The molecule has 0 radical (unpaired) electrons. The van der Waals surface area contributed by atoms with Gasteiger partial charge in [0.15, 0.2) is 0 Å². The summed E-state index contributed by atoms with van der Waals surface area (Å²) in [6.07, 6.45) is 2.29. The van der Waals surface area contributed by atoms with Crippen molar-refractivity contribution in [2.45, 2.75) is 39.7 Å². The third-order valence-corrected chi connectivity index (χ3v) is 6.13. The van der Waals surface area contributed by atoms with E-state index in [1.165, 1.54) is 31.8 Å². The number of thiophene rings is 1. The Morgan fingerprint density at radius 2 is 2.11 bits per heavy atom. The first-order chi connectivity index (χ1) is 8.98. The summed E-state index contributed by atoms with van der Waals surface area (Å²) in [5.74, 6) is 0. The first kappa shape index (κ1) is 13.3. The Bertz CT molecular complexity index is 595. The maximum atomic E-state index is 4.92. The molecule has 3 rings (SSSR count). The van der Waals surface area contributed by atoms with Gasteiger partial charge in [-0.3, -0.25) is 0 Å². The van der Waals surface area contributed by atoms with E-state index in [9.17, 15) is 0 Å². The third-order valence-electron chi connectivity index (χ3n) is 3.75. The Labute approximate surface area is 122 Å². The number of nitrogens with one attached hydrogen (secondary N) is 1. The van der Waals surface area contributed by atoms with Crippen LogP contribution in [-0.2, 0) is 6.42 Å². The molecule has 2 aromatic rings. The van der Waals surface area contributed by atoms with Gasteiger partial charge in [-0.15, -0.1) is 22.7 Å². The van der Waals surface area contributed by atoms with Crippen molar-refractivity contribution in [3.8, 4) is 9.88 Å². The summed E-state index contributed by atoms with van der Waals surface area (Å²) < 4.78 is 0. The standard InChI is InChI=1S/C15H20N2S2/c1-9-5-6-12(18-9)14-17-11-8-15(2,3)7-10(16-4)13(11)19-14/h5-6,10,16H,7-8H2,1-4H3. The monoisotopic (exact) mass is 292 g/mol. The van der Waals surface area contributed by atoms with E-state index in [0.717, 1.165) is 6.42 Å². The molecule has 19 heavy (non-hydrogen) atoms. The number of aromatic nitrogens is 1. The van der Waals surface area contributed by atoms with E-state index in [2.05, 4.69) is 45.3 Å². The highest BCUT2D eigenvalue weighted by Crippen LogP contribution is 2.45. The molecule has 0 spiro atoms. The number of nitrogens with zero attached hydrogens (tertiary/aromatic N) is 1. The van der Waals surface area contributed by atoms with Gasteiger partial charge < -0.3 is 5.32 Å². The highest BCUT2D eigenvalue weighted by Gasteiger charge is 2.34. The molecule has 1 aliphatic carbocycles. The Kier molecular flexibility index (Phi) is 3.28. The summed E-state index contributed by atoms with van der Waals surface area (Å²) in [7, 11) is 2.06. The van der Waals surface area contributed by atoms with Gasteiger partial charge >= 0.3 is 0 Å². The number of rotatable bonds is 2. The molecule has 2 nitrogen and oxygen atoms in total. The van der Waals surface area contributed by atoms with Crippen LogP contribution in [0.4, 0.5) is 0 Å². The van der Waals surface area contributed by atoms with E-state index in [4.69, 9.17) is 4.98 Å². The molecule has 0 aliphatic heterocycles. The fourth-order valence-corrected chi connectivity index (χ4v) is 4.94. The summed E-state index contributed by atoms with van der Waals surface area (Å²) in [5, 5.41) is 4.65. The fraction of sp³-hybridized carbons (Fsp3) is 0.533. The van der Waals surface area contributed by atoms with Crippen molar-refractivity contribution in [1.29, 1.82) is 0 Å². The molecule has 1 atom stereocenters. The van der Waals surface area contributed by atoms with Crippen LogP contribution in [0.1, 0.15) is 41.8 Å². The zero-order valence-corrected chi connectivity index (χ0v) is 13.5. The molecule has 4 heteroatoms. The Hall–Kier alpha value is -0.710. The number of fused-ring (bicyclic) bond motifs is 1. The maximum Gasteiger partial charge on any atom is 0.133 e. The molecular formula is C15H20N2S2. The average Bonchev–Trinajstić information content (AvgIpc) is 2.92. The predicted octanol–water partition coefficient (Wildman–Crippen LogP) is 4.41. The van der Waals surface area contributed by atoms with Crippen LogP contribution in [0.5, 0.6) is 0 Å². The number of hydrogen-bond donors (Lipinski definition) is 1. The van der Waals surface area contributed by atoms with Gasteiger partial charge in [0, 0.05) is 15.8 Å². The summed E-state index contributed by atoms with van der Waals surface area (Å²) in [6.45, 7) is 6.84. The molecular weight excluding hydrogens is 272 g/mol. The lowest BCUT2D eigenvalue weighted by Gasteiger charge is -2.34. The molecule has 2 aromatic heterocycles. The average molecular weight is 292 g/mol. The normalized spacial score (nSPS) is 21.4. The number of aryl methyl sites for hydroxylation is 1. The second-order valence-corrected chi connectivity index (χ2v) is 8.45. The Morgan fingerprint density at radius 3 is 2.74 bits per heavy atom. The third kappa shape index (κ3) is 2.49. The van der Waals surface area contributed by atoms with Gasteiger partial charge in [0.25, 0.3) is 0 Å². The van der Waals surface area contributed by atoms with Gasteiger partial charge in [-0.2, -0.15) is 0 Å². The van der Waals surface area contributed by atoms with Crippen LogP contribution in [0.15, 0.2) is 12.1 Å². The van der Waals surface area contributed by atoms with Crippen LogP contribution in [0.2, 0.25) is 0 Å². The van der Waals surface area contributed by atoms with Gasteiger partial charge in [-0.25, -0.2) is 4.98 Å². The minimum atomic E-state index is 0.345. The van der Waals surface area contributed by atoms with Crippen LogP contribution in [0.3, 0.4) is 0 Å². The van der Waals surface area contributed by atoms with Crippen molar-refractivity contribution < 1.29 is 0 Å². The smallest absolute Gasteiger partial charge is 0.133 e. The lowest BCUT2D eigenvalue weighted by Crippen LogP contribution is -2.30.